The van der Waals surface area contributed by atoms with Gasteiger partial charge < -0.3 is 14.4 Å². The van der Waals surface area contributed by atoms with Crippen LogP contribution in [0.3, 0.4) is 0 Å². The lowest BCUT2D eigenvalue weighted by Gasteiger charge is -2.46. The van der Waals surface area contributed by atoms with Gasteiger partial charge in [-0.15, -0.1) is 0 Å². The highest BCUT2D eigenvalue weighted by Gasteiger charge is 2.46. The Bertz CT molecular complexity index is 1200. The van der Waals surface area contributed by atoms with Gasteiger partial charge in [0.25, 0.3) is 5.91 Å². The number of hydrogen-bond donors (Lipinski definition) is 0. The Labute approximate surface area is 195 Å². The number of hydrogen-bond acceptors (Lipinski definition) is 5. The van der Waals surface area contributed by atoms with Crippen molar-refractivity contribution in [3.8, 4) is 11.5 Å². The molecule has 1 saturated carbocycles. The van der Waals surface area contributed by atoms with Gasteiger partial charge >= 0.3 is 0 Å². The van der Waals surface area contributed by atoms with Gasteiger partial charge in [-0.25, -0.2) is 12.7 Å². The van der Waals surface area contributed by atoms with Crippen LogP contribution in [-0.2, 0) is 15.4 Å². The monoisotopic (exact) mass is 470 g/mol. The van der Waals surface area contributed by atoms with Gasteiger partial charge in [-0.3, -0.25) is 4.79 Å². The minimum Gasteiger partial charge on any atom is -0.486 e. The standard InChI is InChI=1S/C25H30N2O5S/c1-17-20-14-22-23(32-12-11-31-22)15-21(20)25(9-4-5-10-25)16-27(17)24(28)18-7-6-8-19(13-18)33(29,30)26(2)3/h6-8,13-15,17H,4-5,9-12,16H2,1-3H3/t17-/m0/s1. The summed E-state index contributed by atoms with van der Waals surface area (Å²) in [6.45, 7) is 3.71. The molecule has 1 fully saturated rings. The summed E-state index contributed by atoms with van der Waals surface area (Å²) in [5, 5.41) is 0. The maximum atomic E-state index is 13.8. The number of fused-ring (bicyclic) bond motifs is 3. The first kappa shape index (κ1) is 22.2. The lowest BCUT2D eigenvalue weighted by molar-refractivity contribution is 0.0593. The molecular formula is C25H30N2O5S. The molecule has 1 atom stereocenters. The Hall–Kier alpha value is -2.58. The number of ether oxygens (including phenoxy) is 2. The normalized spacial score (nSPS) is 21.3. The summed E-state index contributed by atoms with van der Waals surface area (Å²) < 4.78 is 38.1. The van der Waals surface area contributed by atoms with E-state index in [2.05, 4.69) is 6.07 Å². The number of carbonyl (C=O) groups excluding carboxylic acids is 1. The smallest absolute Gasteiger partial charge is 0.254 e. The van der Waals surface area contributed by atoms with E-state index in [4.69, 9.17) is 9.47 Å². The summed E-state index contributed by atoms with van der Waals surface area (Å²) in [6.07, 6.45) is 4.29. The predicted octanol–water partition coefficient (Wildman–Crippen LogP) is 3.74. The molecule has 0 radical (unpaired) electrons. The Kier molecular flexibility index (Phi) is 5.40. The summed E-state index contributed by atoms with van der Waals surface area (Å²) >= 11 is 0. The van der Waals surface area contributed by atoms with E-state index in [1.165, 1.54) is 31.8 Å². The second kappa shape index (κ2) is 8.02. The zero-order valence-corrected chi connectivity index (χ0v) is 20.2. The number of sulfonamides is 1. The van der Waals surface area contributed by atoms with Crippen molar-refractivity contribution in [1.29, 1.82) is 0 Å². The van der Waals surface area contributed by atoms with E-state index in [9.17, 15) is 13.2 Å². The zero-order valence-electron chi connectivity index (χ0n) is 19.3. The van der Waals surface area contributed by atoms with Crippen molar-refractivity contribution in [2.75, 3.05) is 33.9 Å². The van der Waals surface area contributed by atoms with Gasteiger partial charge in [0.15, 0.2) is 11.5 Å². The van der Waals surface area contributed by atoms with Crippen LogP contribution in [0.25, 0.3) is 0 Å². The van der Waals surface area contributed by atoms with E-state index in [0.717, 1.165) is 47.1 Å². The highest BCUT2D eigenvalue weighted by atomic mass is 32.2. The van der Waals surface area contributed by atoms with Crippen molar-refractivity contribution < 1.29 is 22.7 Å². The molecule has 1 aliphatic carbocycles. The second-order valence-electron chi connectivity index (χ2n) is 9.49. The Morgan fingerprint density at radius 2 is 1.73 bits per heavy atom. The Morgan fingerprint density at radius 1 is 1.06 bits per heavy atom. The van der Waals surface area contributed by atoms with Crippen LogP contribution in [0, 0.1) is 0 Å². The van der Waals surface area contributed by atoms with E-state index in [-0.39, 0.29) is 22.3 Å². The number of amides is 1. The van der Waals surface area contributed by atoms with Gasteiger partial charge in [-0.05, 0) is 61.2 Å². The van der Waals surface area contributed by atoms with Crippen LogP contribution in [-0.4, -0.2) is 57.4 Å². The summed E-state index contributed by atoms with van der Waals surface area (Å²) in [5.41, 5.74) is 2.64. The molecule has 7 nitrogen and oxygen atoms in total. The summed E-state index contributed by atoms with van der Waals surface area (Å²) in [5.74, 6) is 1.37. The molecule has 33 heavy (non-hydrogen) atoms. The third kappa shape index (κ3) is 3.60. The molecule has 2 aromatic carbocycles. The van der Waals surface area contributed by atoms with Crippen molar-refractivity contribution in [1.82, 2.24) is 9.21 Å². The van der Waals surface area contributed by atoms with Crippen molar-refractivity contribution in [2.24, 2.45) is 0 Å². The molecule has 0 bridgehead atoms. The van der Waals surface area contributed by atoms with Crippen LogP contribution in [0.15, 0.2) is 41.3 Å². The van der Waals surface area contributed by atoms with Crippen LogP contribution < -0.4 is 9.47 Å². The molecule has 1 spiro atoms. The number of rotatable bonds is 3. The topological polar surface area (TPSA) is 76.2 Å². The summed E-state index contributed by atoms with van der Waals surface area (Å²) in [7, 11) is -0.646. The fraction of sp³-hybridized carbons (Fsp3) is 0.480. The van der Waals surface area contributed by atoms with Crippen molar-refractivity contribution in [3.63, 3.8) is 0 Å². The predicted molar refractivity (Wildman–Crippen MR) is 124 cm³/mol. The number of nitrogens with zero attached hydrogens (tertiary/aromatic N) is 2. The molecule has 2 heterocycles. The first-order valence-corrected chi connectivity index (χ1v) is 12.9. The van der Waals surface area contributed by atoms with Gasteiger partial charge in [0, 0.05) is 31.6 Å². The van der Waals surface area contributed by atoms with E-state index >= 15 is 0 Å². The van der Waals surface area contributed by atoms with E-state index < -0.39 is 10.0 Å². The van der Waals surface area contributed by atoms with Crippen LogP contribution in [0.4, 0.5) is 0 Å². The van der Waals surface area contributed by atoms with Crippen molar-refractivity contribution in [2.45, 2.75) is 49.0 Å². The van der Waals surface area contributed by atoms with E-state index in [1.54, 1.807) is 12.1 Å². The van der Waals surface area contributed by atoms with Gasteiger partial charge in [-0.2, -0.15) is 0 Å². The van der Waals surface area contributed by atoms with E-state index in [1.807, 2.05) is 17.9 Å². The van der Waals surface area contributed by atoms with Crippen LogP contribution in [0.5, 0.6) is 11.5 Å². The van der Waals surface area contributed by atoms with Crippen LogP contribution in [0.1, 0.15) is 60.1 Å². The maximum absolute atomic E-state index is 13.8. The van der Waals surface area contributed by atoms with Crippen LogP contribution in [0.2, 0.25) is 0 Å². The van der Waals surface area contributed by atoms with Crippen molar-refractivity contribution >= 4 is 15.9 Å². The summed E-state index contributed by atoms with van der Waals surface area (Å²) in [4.78, 5) is 15.8. The average molecular weight is 471 g/mol. The molecule has 0 unspecified atom stereocenters. The lowest BCUT2D eigenvalue weighted by atomic mass is 9.71. The molecule has 0 N–H and O–H groups in total. The van der Waals surface area contributed by atoms with E-state index in [0.29, 0.717) is 25.3 Å². The largest absolute Gasteiger partial charge is 0.486 e. The maximum Gasteiger partial charge on any atom is 0.254 e. The molecular weight excluding hydrogens is 440 g/mol. The third-order valence-corrected chi connectivity index (χ3v) is 9.17. The molecule has 0 saturated heterocycles. The molecule has 5 rings (SSSR count). The molecule has 3 aliphatic rings. The quantitative estimate of drug-likeness (QED) is 0.683. The number of benzene rings is 2. The Morgan fingerprint density at radius 3 is 2.39 bits per heavy atom. The highest BCUT2D eigenvalue weighted by molar-refractivity contribution is 7.89. The van der Waals surface area contributed by atoms with Gasteiger partial charge in [0.1, 0.15) is 13.2 Å². The average Bonchev–Trinajstić information content (AvgIpc) is 3.29. The number of carbonyl (C=O) groups is 1. The van der Waals surface area contributed by atoms with Gasteiger partial charge in [-0.1, -0.05) is 18.9 Å². The van der Waals surface area contributed by atoms with Gasteiger partial charge in [0.2, 0.25) is 10.0 Å². The van der Waals surface area contributed by atoms with Crippen LogP contribution >= 0.6 is 0 Å². The lowest BCUT2D eigenvalue weighted by Crippen LogP contribution is -2.48. The Balaban J connectivity index is 1.56. The molecule has 0 aromatic heterocycles. The molecule has 2 aliphatic heterocycles. The van der Waals surface area contributed by atoms with Crippen molar-refractivity contribution in [3.05, 3.63) is 53.1 Å². The minimum absolute atomic E-state index is 0.110. The summed E-state index contributed by atoms with van der Waals surface area (Å²) in [6, 6.07) is 10.4. The minimum atomic E-state index is -3.63. The fourth-order valence-corrected chi connectivity index (χ4v) is 6.47. The third-order valence-electron chi connectivity index (χ3n) is 7.36. The fourth-order valence-electron chi connectivity index (χ4n) is 5.52. The highest BCUT2D eigenvalue weighted by Crippen LogP contribution is 2.52. The molecule has 1 amide bonds. The molecule has 2 aromatic rings. The van der Waals surface area contributed by atoms with Gasteiger partial charge in [0.05, 0.1) is 10.9 Å². The second-order valence-corrected chi connectivity index (χ2v) is 11.6. The first-order chi connectivity index (χ1) is 15.7. The molecule has 176 valence electrons. The molecule has 8 heteroatoms. The SMILES string of the molecule is C[C@H]1c2cc3c(cc2C2(CCCC2)CN1C(=O)c1cccc(S(=O)(=O)N(C)C)c1)OCCO3. The zero-order chi connectivity index (χ0) is 23.4. The first-order valence-electron chi connectivity index (χ1n) is 11.5.